The first-order valence-corrected chi connectivity index (χ1v) is 7.71. The average Bonchev–Trinajstić information content (AvgIpc) is 2.46. The molecule has 1 aliphatic rings. The van der Waals surface area contributed by atoms with Crippen LogP contribution in [0, 0.1) is 0 Å². The lowest BCUT2D eigenvalue weighted by molar-refractivity contribution is -0.138. The highest BCUT2D eigenvalue weighted by molar-refractivity contribution is 5.67. The van der Waals surface area contributed by atoms with Crippen molar-refractivity contribution in [1.29, 1.82) is 0 Å². The number of benzene rings is 1. The van der Waals surface area contributed by atoms with E-state index in [4.69, 9.17) is 9.84 Å². The second-order valence-corrected chi connectivity index (χ2v) is 5.75. The molecule has 2 rings (SSSR count). The molecule has 2 atom stereocenters. The van der Waals surface area contributed by atoms with Crippen LogP contribution < -0.4 is 4.74 Å². The number of nitrogens with zero attached hydrogens (tertiary/aromatic N) is 1. The minimum atomic E-state index is -0.730. The molecule has 0 saturated heterocycles. The SMILES string of the molecule is CCN(C(C)CC(=O)O)C1CCCc2cc(OC)ccc21. The molecule has 0 fully saturated rings. The Morgan fingerprint density at radius 3 is 2.90 bits per heavy atom. The molecule has 116 valence electrons. The minimum absolute atomic E-state index is 0.0468. The summed E-state index contributed by atoms with van der Waals surface area (Å²) in [5.41, 5.74) is 2.67. The molecule has 0 heterocycles. The molecule has 0 amide bonds. The summed E-state index contributed by atoms with van der Waals surface area (Å²) in [6.07, 6.45) is 3.50. The van der Waals surface area contributed by atoms with Gasteiger partial charge in [-0.3, -0.25) is 9.69 Å². The largest absolute Gasteiger partial charge is 0.497 e. The van der Waals surface area contributed by atoms with Crippen molar-refractivity contribution in [3.63, 3.8) is 0 Å². The van der Waals surface area contributed by atoms with E-state index in [1.165, 1.54) is 11.1 Å². The summed E-state index contributed by atoms with van der Waals surface area (Å²) in [4.78, 5) is 13.3. The topological polar surface area (TPSA) is 49.8 Å². The molecule has 1 aromatic carbocycles. The lowest BCUT2D eigenvalue weighted by Gasteiger charge is -2.38. The second kappa shape index (κ2) is 6.94. The van der Waals surface area contributed by atoms with Crippen LogP contribution in [-0.4, -0.2) is 35.7 Å². The molecule has 21 heavy (non-hydrogen) atoms. The minimum Gasteiger partial charge on any atom is -0.497 e. The van der Waals surface area contributed by atoms with Crippen molar-refractivity contribution in [2.24, 2.45) is 0 Å². The third-order valence-electron chi connectivity index (χ3n) is 4.43. The van der Waals surface area contributed by atoms with Crippen LogP contribution in [-0.2, 0) is 11.2 Å². The van der Waals surface area contributed by atoms with Crippen molar-refractivity contribution in [1.82, 2.24) is 4.90 Å². The number of fused-ring (bicyclic) bond motifs is 1. The molecular weight excluding hydrogens is 266 g/mol. The number of ether oxygens (including phenoxy) is 1. The van der Waals surface area contributed by atoms with Gasteiger partial charge in [0.2, 0.25) is 0 Å². The summed E-state index contributed by atoms with van der Waals surface area (Å²) in [7, 11) is 1.69. The van der Waals surface area contributed by atoms with Crippen molar-refractivity contribution in [2.75, 3.05) is 13.7 Å². The lowest BCUT2D eigenvalue weighted by atomic mass is 9.86. The Morgan fingerprint density at radius 1 is 1.52 bits per heavy atom. The van der Waals surface area contributed by atoms with E-state index in [1.54, 1.807) is 7.11 Å². The Kier molecular flexibility index (Phi) is 5.23. The maximum absolute atomic E-state index is 11.0. The fourth-order valence-electron chi connectivity index (χ4n) is 3.45. The molecule has 0 saturated carbocycles. The summed E-state index contributed by atoms with van der Waals surface area (Å²) in [6.45, 7) is 4.98. The van der Waals surface area contributed by atoms with Gasteiger partial charge in [0.1, 0.15) is 5.75 Å². The van der Waals surface area contributed by atoms with Crippen molar-refractivity contribution >= 4 is 5.97 Å². The summed E-state index contributed by atoms with van der Waals surface area (Å²) in [6, 6.07) is 6.64. The number of rotatable bonds is 6. The van der Waals surface area contributed by atoms with Crippen molar-refractivity contribution < 1.29 is 14.6 Å². The molecule has 0 bridgehead atoms. The molecule has 1 N–H and O–H groups in total. The van der Waals surface area contributed by atoms with Gasteiger partial charge in [-0.05, 0) is 56.0 Å². The number of methoxy groups -OCH3 is 1. The zero-order valence-electron chi connectivity index (χ0n) is 13.1. The van der Waals surface area contributed by atoms with Crippen LogP contribution in [0.1, 0.15) is 50.3 Å². The van der Waals surface area contributed by atoms with Crippen LogP contribution in [0.25, 0.3) is 0 Å². The molecule has 2 unspecified atom stereocenters. The summed E-state index contributed by atoms with van der Waals surface area (Å²) >= 11 is 0. The van der Waals surface area contributed by atoms with Crippen LogP contribution in [0.2, 0.25) is 0 Å². The highest BCUT2D eigenvalue weighted by atomic mass is 16.5. The molecular formula is C17H25NO3. The summed E-state index contributed by atoms with van der Waals surface area (Å²) in [5, 5.41) is 9.05. The molecule has 0 aliphatic heterocycles. The van der Waals surface area contributed by atoms with Crippen LogP contribution in [0.3, 0.4) is 0 Å². The fourth-order valence-corrected chi connectivity index (χ4v) is 3.45. The first kappa shape index (κ1) is 15.8. The number of aliphatic carboxylic acids is 1. The van der Waals surface area contributed by atoms with Gasteiger partial charge in [-0.15, -0.1) is 0 Å². The zero-order chi connectivity index (χ0) is 15.4. The molecule has 4 heteroatoms. The third kappa shape index (κ3) is 3.56. The fraction of sp³-hybridized carbons (Fsp3) is 0.588. The van der Waals surface area contributed by atoms with Gasteiger partial charge in [-0.2, -0.15) is 0 Å². The van der Waals surface area contributed by atoms with Gasteiger partial charge in [0.25, 0.3) is 0 Å². The molecule has 1 aromatic rings. The number of carbonyl (C=O) groups is 1. The molecule has 0 aromatic heterocycles. The number of carboxylic acid groups (broad SMARTS) is 1. The number of hydrogen-bond acceptors (Lipinski definition) is 3. The standard InChI is InChI=1S/C17H25NO3/c1-4-18(12(2)10-17(19)20)16-7-5-6-13-11-14(21-3)8-9-15(13)16/h8-9,11-12,16H,4-7,10H2,1-3H3,(H,19,20). The number of hydrogen-bond donors (Lipinski definition) is 1. The van der Waals surface area contributed by atoms with Crippen molar-refractivity contribution in [2.45, 2.75) is 51.6 Å². The monoisotopic (exact) mass is 291 g/mol. The molecule has 0 spiro atoms. The van der Waals surface area contributed by atoms with Gasteiger partial charge in [0, 0.05) is 12.1 Å². The lowest BCUT2D eigenvalue weighted by Crippen LogP contribution is -2.39. The molecule has 0 radical (unpaired) electrons. The molecule has 1 aliphatic carbocycles. The van der Waals surface area contributed by atoms with Crippen LogP contribution in [0.4, 0.5) is 0 Å². The van der Waals surface area contributed by atoms with E-state index >= 15 is 0 Å². The third-order valence-corrected chi connectivity index (χ3v) is 4.43. The van der Waals surface area contributed by atoms with Crippen LogP contribution in [0.15, 0.2) is 18.2 Å². The Hall–Kier alpha value is -1.55. The smallest absolute Gasteiger partial charge is 0.304 e. The van der Waals surface area contributed by atoms with Gasteiger partial charge in [-0.25, -0.2) is 0 Å². The van der Waals surface area contributed by atoms with E-state index in [2.05, 4.69) is 24.0 Å². The maximum atomic E-state index is 11.0. The highest BCUT2D eigenvalue weighted by Gasteiger charge is 2.29. The second-order valence-electron chi connectivity index (χ2n) is 5.75. The number of aryl methyl sites for hydroxylation is 1. The van der Waals surface area contributed by atoms with Crippen molar-refractivity contribution in [3.05, 3.63) is 29.3 Å². The van der Waals surface area contributed by atoms with E-state index in [1.807, 2.05) is 13.0 Å². The first-order chi connectivity index (χ1) is 10.1. The van der Waals surface area contributed by atoms with E-state index < -0.39 is 5.97 Å². The average molecular weight is 291 g/mol. The Balaban J connectivity index is 2.26. The summed E-state index contributed by atoms with van der Waals surface area (Å²) in [5.74, 6) is 0.169. The summed E-state index contributed by atoms with van der Waals surface area (Å²) < 4.78 is 5.31. The maximum Gasteiger partial charge on any atom is 0.304 e. The first-order valence-electron chi connectivity index (χ1n) is 7.71. The van der Waals surface area contributed by atoms with E-state index in [0.29, 0.717) is 6.04 Å². The number of carboxylic acids is 1. The van der Waals surface area contributed by atoms with Gasteiger partial charge in [-0.1, -0.05) is 13.0 Å². The molecule has 4 nitrogen and oxygen atoms in total. The van der Waals surface area contributed by atoms with Gasteiger partial charge < -0.3 is 9.84 Å². The Labute approximate surface area is 126 Å². The van der Waals surface area contributed by atoms with Crippen LogP contribution in [0.5, 0.6) is 5.75 Å². The van der Waals surface area contributed by atoms with Gasteiger partial charge in [0.15, 0.2) is 0 Å². The van der Waals surface area contributed by atoms with Gasteiger partial charge in [0.05, 0.1) is 13.5 Å². The van der Waals surface area contributed by atoms with Crippen molar-refractivity contribution in [3.8, 4) is 5.75 Å². The van der Waals surface area contributed by atoms with E-state index in [0.717, 1.165) is 31.6 Å². The Morgan fingerprint density at radius 2 is 2.29 bits per heavy atom. The van der Waals surface area contributed by atoms with E-state index in [9.17, 15) is 4.79 Å². The van der Waals surface area contributed by atoms with Gasteiger partial charge >= 0.3 is 5.97 Å². The Bertz CT molecular complexity index is 501. The highest BCUT2D eigenvalue weighted by Crippen LogP contribution is 2.37. The van der Waals surface area contributed by atoms with E-state index in [-0.39, 0.29) is 12.5 Å². The van der Waals surface area contributed by atoms with Crippen LogP contribution >= 0.6 is 0 Å². The predicted molar refractivity (Wildman–Crippen MR) is 82.8 cm³/mol. The zero-order valence-corrected chi connectivity index (χ0v) is 13.1. The predicted octanol–water partition coefficient (Wildman–Crippen LogP) is 3.26. The quantitative estimate of drug-likeness (QED) is 0.874. The normalized spacial score (nSPS) is 19.1.